The monoisotopic (exact) mass is 250 g/mol. The van der Waals surface area contributed by atoms with Crippen LogP contribution in [0, 0.1) is 5.92 Å². The zero-order chi connectivity index (χ0) is 13.5. The highest BCUT2D eigenvalue weighted by Crippen LogP contribution is 2.28. The van der Waals surface area contributed by atoms with Crippen LogP contribution >= 0.6 is 0 Å². The minimum atomic E-state index is -0.231. The summed E-state index contributed by atoms with van der Waals surface area (Å²) in [6.45, 7) is 8.84. The van der Waals surface area contributed by atoms with Gasteiger partial charge in [0.05, 0.1) is 19.1 Å². The van der Waals surface area contributed by atoms with E-state index >= 15 is 0 Å². The highest BCUT2D eigenvalue weighted by Gasteiger charge is 2.25. The number of benzene rings is 1. The smallest absolute Gasteiger partial charge is 0.313 e. The Morgan fingerprint density at radius 1 is 1.22 bits per heavy atom. The van der Waals surface area contributed by atoms with E-state index < -0.39 is 0 Å². The summed E-state index contributed by atoms with van der Waals surface area (Å²) >= 11 is 0. The van der Waals surface area contributed by atoms with E-state index in [2.05, 4.69) is 0 Å². The summed E-state index contributed by atoms with van der Waals surface area (Å²) in [5.41, 5.74) is 0.953. The molecule has 1 rings (SSSR count). The number of hydrogen-bond acceptors (Lipinski definition) is 3. The van der Waals surface area contributed by atoms with Crippen LogP contribution in [0.15, 0.2) is 24.3 Å². The lowest BCUT2D eigenvalue weighted by Crippen LogP contribution is -2.20. The molecule has 18 heavy (non-hydrogen) atoms. The first-order valence-corrected chi connectivity index (χ1v) is 6.49. The van der Waals surface area contributed by atoms with Crippen molar-refractivity contribution in [2.75, 3.05) is 13.2 Å². The summed E-state index contributed by atoms with van der Waals surface area (Å²) in [6.07, 6.45) is 0. The topological polar surface area (TPSA) is 35.5 Å². The van der Waals surface area contributed by atoms with Gasteiger partial charge in [-0.15, -0.1) is 0 Å². The van der Waals surface area contributed by atoms with E-state index in [0.717, 1.165) is 11.3 Å². The summed E-state index contributed by atoms with van der Waals surface area (Å²) < 4.78 is 10.6. The van der Waals surface area contributed by atoms with Crippen molar-refractivity contribution in [1.29, 1.82) is 0 Å². The van der Waals surface area contributed by atoms with Crippen LogP contribution in [0.25, 0.3) is 0 Å². The van der Waals surface area contributed by atoms with Crippen molar-refractivity contribution in [3.05, 3.63) is 29.8 Å². The van der Waals surface area contributed by atoms with Crippen LogP contribution in [0.2, 0.25) is 0 Å². The highest BCUT2D eigenvalue weighted by atomic mass is 16.5. The van der Waals surface area contributed by atoms with Gasteiger partial charge in [-0.2, -0.15) is 0 Å². The third kappa shape index (κ3) is 3.76. The molecule has 0 aliphatic heterocycles. The van der Waals surface area contributed by atoms with E-state index in [9.17, 15) is 4.79 Å². The van der Waals surface area contributed by atoms with Crippen molar-refractivity contribution >= 4 is 5.97 Å². The molecule has 0 amide bonds. The molecule has 0 radical (unpaired) electrons. The van der Waals surface area contributed by atoms with Gasteiger partial charge in [0, 0.05) is 0 Å². The summed E-state index contributed by atoms with van der Waals surface area (Å²) in [6, 6.07) is 7.68. The van der Waals surface area contributed by atoms with Crippen LogP contribution in [0.5, 0.6) is 5.75 Å². The standard InChI is InChI=1S/C15H22O3/c1-5-17-13-9-7-8-12(10-13)14(11(3)4)15(16)18-6-2/h7-11,14H,5-6H2,1-4H3. The first-order valence-electron chi connectivity index (χ1n) is 6.49. The molecular formula is C15H22O3. The molecule has 0 bridgehead atoms. The van der Waals surface area contributed by atoms with Crippen LogP contribution < -0.4 is 4.74 Å². The minimum absolute atomic E-state index is 0.166. The second kappa shape index (κ2) is 7.04. The van der Waals surface area contributed by atoms with Gasteiger partial charge in [0.1, 0.15) is 5.75 Å². The molecule has 0 N–H and O–H groups in total. The quantitative estimate of drug-likeness (QED) is 0.726. The maximum absolute atomic E-state index is 12.0. The Morgan fingerprint density at radius 3 is 2.50 bits per heavy atom. The van der Waals surface area contributed by atoms with E-state index in [4.69, 9.17) is 9.47 Å². The lowest BCUT2D eigenvalue weighted by atomic mass is 9.88. The van der Waals surface area contributed by atoms with Gasteiger partial charge in [0.25, 0.3) is 0 Å². The van der Waals surface area contributed by atoms with Crippen molar-refractivity contribution in [3.8, 4) is 5.75 Å². The molecule has 0 heterocycles. The molecule has 0 aliphatic carbocycles. The summed E-state index contributed by atoms with van der Waals surface area (Å²) in [5, 5.41) is 0. The Kier molecular flexibility index (Phi) is 5.69. The van der Waals surface area contributed by atoms with E-state index in [1.165, 1.54) is 0 Å². The molecule has 0 spiro atoms. The average molecular weight is 250 g/mol. The van der Waals surface area contributed by atoms with Gasteiger partial charge in [-0.05, 0) is 37.5 Å². The molecule has 1 atom stereocenters. The van der Waals surface area contributed by atoms with Gasteiger partial charge < -0.3 is 9.47 Å². The Morgan fingerprint density at radius 2 is 1.94 bits per heavy atom. The highest BCUT2D eigenvalue weighted by molar-refractivity contribution is 5.78. The van der Waals surface area contributed by atoms with E-state index in [1.807, 2.05) is 52.0 Å². The number of rotatable bonds is 6. The summed E-state index contributed by atoms with van der Waals surface area (Å²) in [4.78, 5) is 12.0. The second-order valence-electron chi connectivity index (χ2n) is 4.48. The number of hydrogen-bond donors (Lipinski definition) is 0. The van der Waals surface area contributed by atoms with Gasteiger partial charge in [0.2, 0.25) is 0 Å². The normalized spacial score (nSPS) is 12.3. The van der Waals surface area contributed by atoms with Crippen molar-refractivity contribution in [2.45, 2.75) is 33.6 Å². The van der Waals surface area contributed by atoms with Gasteiger partial charge in [-0.3, -0.25) is 4.79 Å². The van der Waals surface area contributed by atoms with Gasteiger partial charge in [-0.25, -0.2) is 0 Å². The lowest BCUT2D eigenvalue weighted by molar-refractivity contribution is -0.146. The Balaban J connectivity index is 2.98. The maximum Gasteiger partial charge on any atom is 0.313 e. The van der Waals surface area contributed by atoms with Gasteiger partial charge in [0.15, 0.2) is 0 Å². The fourth-order valence-corrected chi connectivity index (χ4v) is 1.99. The van der Waals surface area contributed by atoms with E-state index in [-0.39, 0.29) is 17.8 Å². The summed E-state index contributed by atoms with van der Waals surface area (Å²) in [7, 11) is 0. The van der Waals surface area contributed by atoms with Crippen LogP contribution in [0.4, 0.5) is 0 Å². The molecule has 1 aromatic rings. The second-order valence-corrected chi connectivity index (χ2v) is 4.48. The van der Waals surface area contributed by atoms with Crippen molar-refractivity contribution in [2.24, 2.45) is 5.92 Å². The molecule has 3 nitrogen and oxygen atoms in total. The molecule has 1 aromatic carbocycles. The molecule has 0 aromatic heterocycles. The Labute approximate surface area is 109 Å². The van der Waals surface area contributed by atoms with Crippen molar-refractivity contribution < 1.29 is 14.3 Å². The average Bonchev–Trinajstić information content (AvgIpc) is 2.30. The zero-order valence-electron chi connectivity index (χ0n) is 11.6. The molecule has 1 unspecified atom stereocenters. The maximum atomic E-state index is 12.0. The lowest BCUT2D eigenvalue weighted by Gasteiger charge is -2.20. The molecule has 0 aliphatic rings. The molecule has 0 saturated carbocycles. The molecular weight excluding hydrogens is 228 g/mol. The first kappa shape index (κ1) is 14.6. The Bertz CT molecular complexity index is 385. The van der Waals surface area contributed by atoms with Crippen LogP contribution in [0.1, 0.15) is 39.2 Å². The Hall–Kier alpha value is -1.51. The number of esters is 1. The number of carbonyl (C=O) groups excluding carboxylic acids is 1. The van der Waals surface area contributed by atoms with Crippen LogP contribution in [0.3, 0.4) is 0 Å². The van der Waals surface area contributed by atoms with Gasteiger partial charge >= 0.3 is 5.97 Å². The number of ether oxygens (including phenoxy) is 2. The summed E-state index contributed by atoms with van der Waals surface area (Å²) in [5.74, 6) is 0.595. The van der Waals surface area contributed by atoms with Gasteiger partial charge in [-0.1, -0.05) is 26.0 Å². The zero-order valence-corrected chi connectivity index (χ0v) is 11.6. The minimum Gasteiger partial charge on any atom is -0.494 e. The van der Waals surface area contributed by atoms with Crippen LogP contribution in [-0.2, 0) is 9.53 Å². The largest absolute Gasteiger partial charge is 0.494 e. The molecule has 100 valence electrons. The van der Waals surface area contributed by atoms with Crippen LogP contribution in [-0.4, -0.2) is 19.2 Å². The number of carbonyl (C=O) groups is 1. The fraction of sp³-hybridized carbons (Fsp3) is 0.533. The molecule has 0 fully saturated rings. The predicted octanol–water partition coefficient (Wildman–Crippen LogP) is 3.39. The first-order chi connectivity index (χ1) is 8.60. The van der Waals surface area contributed by atoms with E-state index in [1.54, 1.807) is 0 Å². The third-order valence-corrected chi connectivity index (χ3v) is 2.74. The van der Waals surface area contributed by atoms with Crippen molar-refractivity contribution in [3.63, 3.8) is 0 Å². The fourth-order valence-electron chi connectivity index (χ4n) is 1.99. The molecule has 0 saturated heterocycles. The van der Waals surface area contributed by atoms with E-state index in [0.29, 0.717) is 13.2 Å². The third-order valence-electron chi connectivity index (χ3n) is 2.74. The predicted molar refractivity (Wildman–Crippen MR) is 71.8 cm³/mol. The SMILES string of the molecule is CCOC(=O)C(c1cccc(OCC)c1)C(C)C. The molecule has 3 heteroatoms. The van der Waals surface area contributed by atoms with Crippen molar-refractivity contribution in [1.82, 2.24) is 0 Å².